The van der Waals surface area contributed by atoms with E-state index in [4.69, 9.17) is 0 Å². The third-order valence-corrected chi connectivity index (χ3v) is 17.8. The topological polar surface area (TPSA) is 69.6 Å². The van der Waals surface area contributed by atoms with Gasteiger partial charge in [0.1, 0.15) is 0 Å². The van der Waals surface area contributed by atoms with Crippen LogP contribution in [-0.2, 0) is 4.79 Å². The van der Waals surface area contributed by atoms with Crippen molar-refractivity contribution < 1.29 is 15.0 Å². The van der Waals surface area contributed by atoms with Gasteiger partial charge < -0.3 is 15.5 Å². The molecule has 0 aromatic carbocycles. The number of carbonyl (C=O) groups is 1. The number of hydrogen-bond acceptors (Lipinski definition) is 3. The van der Waals surface area contributed by atoms with Crippen LogP contribution in [0.15, 0.2) is 48.6 Å². The molecule has 0 bridgehead atoms. The highest BCUT2D eigenvalue weighted by molar-refractivity contribution is 5.76. The normalized spacial score (nSPS) is 12.9. The van der Waals surface area contributed by atoms with E-state index in [1.54, 1.807) is 6.08 Å². The largest absolute Gasteiger partial charge is 0.394 e. The lowest BCUT2D eigenvalue weighted by Crippen LogP contribution is -2.45. The number of hydrogen-bond donors (Lipinski definition) is 3. The van der Waals surface area contributed by atoms with Gasteiger partial charge in [-0.15, -0.1) is 0 Å². The summed E-state index contributed by atoms with van der Waals surface area (Å²) in [5.41, 5.74) is 0. The van der Waals surface area contributed by atoms with Crippen LogP contribution < -0.4 is 5.32 Å². The molecule has 0 aromatic rings. The fraction of sp³-hybridized carbons (Fsp3) is 0.885. The Labute approximate surface area is 515 Å². The molecular weight excluding hydrogens is 999 g/mol. The van der Waals surface area contributed by atoms with Crippen LogP contribution in [0.4, 0.5) is 0 Å². The summed E-state index contributed by atoms with van der Waals surface area (Å²) in [5, 5.41) is 23.3. The summed E-state index contributed by atoms with van der Waals surface area (Å²) in [6.45, 7) is 4.34. The molecule has 0 heterocycles. The summed E-state index contributed by atoms with van der Waals surface area (Å²) in [6, 6.07) is -0.640. The fourth-order valence-corrected chi connectivity index (χ4v) is 12.1. The Morgan fingerprint density at radius 2 is 0.512 bits per heavy atom. The number of rotatable bonds is 71. The molecule has 0 spiro atoms. The van der Waals surface area contributed by atoms with E-state index in [-0.39, 0.29) is 12.5 Å². The van der Waals surface area contributed by atoms with Crippen molar-refractivity contribution in [2.24, 2.45) is 0 Å². The van der Waals surface area contributed by atoms with Crippen LogP contribution in [-0.4, -0.2) is 34.9 Å². The molecule has 0 radical (unpaired) electrons. The van der Waals surface area contributed by atoms with E-state index in [9.17, 15) is 15.0 Å². The first-order chi connectivity index (χ1) is 40.7. The van der Waals surface area contributed by atoms with Gasteiger partial charge >= 0.3 is 0 Å². The molecular formula is C78H149NO3. The van der Waals surface area contributed by atoms with Crippen molar-refractivity contribution in [3.63, 3.8) is 0 Å². The van der Waals surface area contributed by atoms with E-state index in [0.717, 1.165) is 38.5 Å². The molecule has 3 N–H and O–H groups in total. The van der Waals surface area contributed by atoms with Crippen LogP contribution in [0.2, 0.25) is 0 Å². The van der Waals surface area contributed by atoms with Crippen molar-refractivity contribution in [1.82, 2.24) is 5.32 Å². The van der Waals surface area contributed by atoms with Crippen LogP contribution in [0.3, 0.4) is 0 Å². The van der Waals surface area contributed by atoms with Crippen molar-refractivity contribution in [2.75, 3.05) is 6.61 Å². The van der Waals surface area contributed by atoms with E-state index in [1.807, 2.05) is 6.08 Å². The Kier molecular flexibility index (Phi) is 72.1. The Hall–Kier alpha value is -1.65. The second-order valence-electron chi connectivity index (χ2n) is 26.1. The molecule has 0 aliphatic rings. The van der Waals surface area contributed by atoms with Crippen molar-refractivity contribution in [2.45, 2.75) is 437 Å². The van der Waals surface area contributed by atoms with Crippen molar-refractivity contribution in [3.8, 4) is 0 Å². The van der Waals surface area contributed by atoms with Crippen LogP contribution in [0.25, 0.3) is 0 Å². The maximum absolute atomic E-state index is 12.6. The molecule has 2 unspecified atom stereocenters. The zero-order valence-electron chi connectivity index (χ0n) is 56.0. The molecule has 4 heteroatoms. The van der Waals surface area contributed by atoms with Gasteiger partial charge in [-0.05, 0) is 64.2 Å². The van der Waals surface area contributed by atoms with Gasteiger partial charge in [0.2, 0.25) is 5.91 Å². The summed E-state index contributed by atoms with van der Waals surface area (Å²) < 4.78 is 0. The van der Waals surface area contributed by atoms with Gasteiger partial charge in [-0.25, -0.2) is 0 Å². The predicted molar refractivity (Wildman–Crippen MR) is 368 cm³/mol. The van der Waals surface area contributed by atoms with Gasteiger partial charge in [-0.3, -0.25) is 4.79 Å². The van der Waals surface area contributed by atoms with Crippen molar-refractivity contribution in [1.29, 1.82) is 0 Å². The van der Waals surface area contributed by atoms with Crippen LogP contribution in [0.5, 0.6) is 0 Å². The second-order valence-corrected chi connectivity index (χ2v) is 26.1. The average molecular weight is 1150 g/mol. The third-order valence-electron chi connectivity index (χ3n) is 17.8. The molecule has 0 fully saturated rings. The number of amides is 1. The first kappa shape index (κ1) is 80.3. The summed E-state index contributed by atoms with van der Waals surface area (Å²) in [6.07, 6.45) is 104. The van der Waals surface area contributed by atoms with Gasteiger partial charge in [0.25, 0.3) is 0 Å². The van der Waals surface area contributed by atoms with E-state index in [2.05, 4.69) is 55.6 Å². The Morgan fingerprint density at radius 3 is 0.780 bits per heavy atom. The summed E-state index contributed by atoms with van der Waals surface area (Å²) in [7, 11) is 0. The summed E-state index contributed by atoms with van der Waals surface area (Å²) >= 11 is 0. The summed E-state index contributed by atoms with van der Waals surface area (Å²) in [5.74, 6) is -0.0651. The molecule has 0 saturated carbocycles. The standard InChI is InChI=1S/C78H149NO3/c1-3-5-7-9-11-13-15-17-19-21-23-25-27-29-31-33-35-37-38-39-40-42-44-46-48-50-52-54-56-58-60-62-64-66-68-70-72-74-78(82)79-76(75-80)77(81)73-71-69-67-65-63-61-59-57-55-53-51-49-47-45-43-41-36-34-32-30-28-26-24-22-20-18-16-14-12-10-8-6-4-2/h15,17,21,23,63,65,71,73,76-77,80-81H,3-14,16,18-20,22,24-62,64,66-70,72,74-75H2,1-2H3,(H,79,82)/b17-15-,23-21-,65-63+,73-71+. The number of unbranched alkanes of at least 4 members (excludes halogenated alkanes) is 58. The van der Waals surface area contributed by atoms with Gasteiger partial charge in [-0.1, -0.05) is 403 Å². The minimum Gasteiger partial charge on any atom is -0.394 e. The highest BCUT2D eigenvalue weighted by atomic mass is 16.3. The lowest BCUT2D eigenvalue weighted by molar-refractivity contribution is -0.123. The van der Waals surface area contributed by atoms with E-state index in [0.29, 0.717) is 6.42 Å². The zero-order chi connectivity index (χ0) is 59.1. The smallest absolute Gasteiger partial charge is 0.220 e. The number of nitrogens with one attached hydrogen (secondary N) is 1. The maximum atomic E-state index is 12.6. The van der Waals surface area contributed by atoms with E-state index >= 15 is 0 Å². The lowest BCUT2D eigenvalue weighted by Gasteiger charge is -2.19. The van der Waals surface area contributed by atoms with E-state index < -0.39 is 12.1 Å². The zero-order valence-corrected chi connectivity index (χ0v) is 56.0. The van der Waals surface area contributed by atoms with Crippen molar-refractivity contribution in [3.05, 3.63) is 48.6 Å². The number of aliphatic hydroxyl groups excluding tert-OH is 2. The summed E-state index contributed by atoms with van der Waals surface area (Å²) in [4.78, 5) is 12.6. The number of aliphatic hydroxyl groups is 2. The molecule has 82 heavy (non-hydrogen) atoms. The lowest BCUT2D eigenvalue weighted by atomic mass is 10.0. The van der Waals surface area contributed by atoms with Gasteiger partial charge in [-0.2, -0.15) is 0 Å². The minimum atomic E-state index is -0.864. The van der Waals surface area contributed by atoms with E-state index in [1.165, 1.54) is 366 Å². The highest BCUT2D eigenvalue weighted by Crippen LogP contribution is 2.20. The second kappa shape index (κ2) is 73.6. The number of allylic oxidation sites excluding steroid dienone is 7. The molecule has 0 aliphatic heterocycles. The molecule has 0 saturated heterocycles. The quantitative estimate of drug-likeness (QED) is 0.0420. The monoisotopic (exact) mass is 1150 g/mol. The Morgan fingerprint density at radius 1 is 0.293 bits per heavy atom. The fourth-order valence-electron chi connectivity index (χ4n) is 12.1. The minimum absolute atomic E-state index is 0.0651. The molecule has 1 amide bonds. The first-order valence-corrected chi connectivity index (χ1v) is 37.9. The molecule has 0 aromatic heterocycles. The molecule has 484 valence electrons. The predicted octanol–water partition coefficient (Wildman–Crippen LogP) is 26.1. The SMILES string of the molecule is CCCCCCC/C=C\C/C=C\CCCCCCCCCCCCCCCCCCCCCCCCCCCC(=O)NC(CO)C(O)/C=C/CC/C=C/CCCCCCCCCCCCCCCCCCCCCCCCCCCCC. The number of carbonyl (C=O) groups excluding carboxylic acids is 1. The van der Waals surface area contributed by atoms with Crippen molar-refractivity contribution >= 4 is 5.91 Å². The van der Waals surface area contributed by atoms with Crippen LogP contribution >= 0.6 is 0 Å². The molecule has 0 rings (SSSR count). The van der Waals surface area contributed by atoms with Crippen LogP contribution in [0, 0.1) is 0 Å². The molecule has 2 atom stereocenters. The van der Waals surface area contributed by atoms with Gasteiger partial charge in [0.15, 0.2) is 0 Å². The first-order valence-electron chi connectivity index (χ1n) is 37.9. The Balaban J connectivity index is 3.42. The maximum Gasteiger partial charge on any atom is 0.220 e. The van der Waals surface area contributed by atoms with Crippen LogP contribution in [0.1, 0.15) is 425 Å². The van der Waals surface area contributed by atoms with Gasteiger partial charge in [0, 0.05) is 6.42 Å². The Bertz CT molecular complexity index is 1300. The molecule has 0 aliphatic carbocycles. The molecule has 4 nitrogen and oxygen atoms in total. The average Bonchev–Trinajstić information content (AvgIpc) is 3.50. The highest BCUT2D eigenvalue weighted by Gasteiger charge is 2.18. The third kappa shape index (κ3) is 69.1. The van der Waals surface area contributed by atoms with Gasteiger partial charge in [0.05, 0.1) is 18.8 Å².